The number of carbonyl (C=O) groups is 2. The summed E-state index contributed by atoms with van der Waals surface area (Å²) in [6.07, 6.45) is 0. The van der Waals surface area contributed by atoms with Gasteiger partial charge < -0.3 is 19.4 Å². The van der Waals surface area contributed by atoms with Crippen LogP contribution in [0.2, 0.25) is 0 Å². The van der Waals surface area contributed by atoms with Crippen LogP contribution in [0.15, 0.2) is 60.0 Å². The number of thiophene rings is 1. The Bertz CT molecular complexity index is 1230. The number of fused-ring (bicyclic) bond motifs is 1. The van der Waals surface area contributed by atoms with E-state index in [0.717, 1.165) is 23.5 Å². The molecule has 1 fully saturated rings. The van der Waals surface area contributed by atoms with Gasteiger partial charge in [0, 0.05) is 56.0 Å². The normalized spacial score (nSPS) is 20.0. The van der Waals surface area contributed by atoms with Crippen molar-refractivity contribution >= 4 is 28.8 Å². The van der Waals surface area contributed by atoms with Crippen LogP contribution in [-0.4, -0.2) is 68.1 Å². The lowest BCUT2D eigenvalue weighted by Gasteiger charge is -2.44. The number of aryl methyl sites for hydroxylation is 1. The standard InChI is InChI=1S/C29H33N3O3S/c1-20-8-6-11-24(21(20)2)30-13-15-31(16-14-30)29(34)26-22-9-4-5-10-23(22)28(33)32(17-18-35-3)27(26)25-12-7-19-36-25/h4-12,19,26-27H,13-18H2,1-3H3/t26-,27-/m1/s1. The number of anilines is 1. The average Bonchev–Trinajstić information content (AvgIpc) is 3.44. The first-order chi connectivity index (χ1) is 17.5. The van der Waals surface area contributed by atoms with E-state index in [1.165, 1.54) is 16.8 Å². The highest BCUT2D eigenvalue weighted by Crippen LogP contribution is 2.45. The fourth-order valence-electron chi connectivity index (χ4n) is 5.51. The molecule has 3 aromatic rings. The van der Waals surface area contributed by atoms with Crippen LogP contribution < -0.4 is 4.90 Å². The van der Waals surface area contributed by atoms with E-state index in [9.17, 15) is 9.59 Å². The molecule has 0 unspecified atom stereocenters. The number of benzene rings is 2. The summed E-state index contributed by atoms with van der Waals surface area (Å²) in [6, 6.07) is 17.7. The lowest BCUT2D eigenvalue weighted by molar-refractivity contribution is -0.135. The average molecular weight is 504 g/mol. The van der Waals surface area contributed by atoms with Crippen LogP contribution in [-0.2, 0) is 9.53 Å². The number of methoxy groups -OCH3 is 1. The van der Waals surface area contributed by atoms with E-state index in [2.05, 4.69) is 36.9 Å². The van der Waals surface area contributed by atoms with Gasteiger partial charge in [-0.05, 0) is 54.1 Å². The predicted octanol–water partition coefficient (Wildman–Crippen LogP) is 4.64. The van der Waals surface area contributed by atoms with Gasteiger partial charge in [-0.3, -0.25) is 9.59 Å². The molecule has 2 atom stereocenters. The van der Waals surface area contributed by atoms with Crippen LogP contribution in [0.4, 0.5) is 5.69 Å². The quantitative estimate of drug-likeness (QED) is 0.492. The highest BCUT2D eigenvalue weighted by Gasteiger charge is 2.46. The molecular weight excluding hydrogens is 470 g/mol. The minimum atomic E-state index is -0.443. The number of hydrogen-bond donors (Lipinski definition) is 0. The summed E-state index contributed by atoms with van der Waals surface area (Å²) < 4.78 is 5.34. The Balaban J connectivity index is 1.46. The summed E-state index contributed by atoms with van der Waals surface area (Å²) in [6.45, 7) is 8.07. The van der Waals surface area contributed by atoms with Gasteiger partial charge in [-0.15, -0.1) is 11.3 Å². The molecule has 0 spiro atoms. The Kier molecular flexibility index (Phi) is 7.12. The van der Waals surface area contributed by atoms with Crippen LogP contribution in [0.1, 0.15) is 43.9 Å². The lowest BCUT2D eigenvalue weighted by Crippen LogP contribution is -2.53. The number of piperazine rings is 1. The molecule has 0 aliphatic carbocycles. The van der Waals surface area contributed by atoms with E-state index >= 15 is 0 Å². The Morgan fingerprint density at radius 1 is 1.00 bits per heavy atom. The zero-order chi connectivity index (χ0) is 25.2. The Hall–Kier alpha value is -3.16. The van der Waals surface area contributed by atoms with E-state index < -0.39 is 5.92 Å². The summed E-state index contributed by atoms with van der Waals surface area (Å²) in [5, 5.41) is 2.01. The lowest BCUT2D eigenvalue weighted by atomic mass is 9.81. The number of rotatable bonds is 6. The molecule has 36 heavy (non-hydrogen) atoms. The van der Waals surface area contributed by atoms with Gasteiger partial charge in [0.2, 0.25) is 5.91 Å². The smallest absolute Gasteiger partial charge is 0.254 e. The maximum absolute atomic E-state index is 14.3. The third kappa shape index (κ3) is 4.42. The van der Waals surface area contributed by atoms with Gasteiger partial charge in [-0.25, -0.2) is 0 Å². The highest BCUT2D eigenvalue weighted by atomic mass is 32.1. The van der Waals surface area contributed by atoms with Gasteiger partial charge in [-0.2, -0.15) is 0 Å². The zero-order valence-electron chi connectivity index (χ0n) is 21.1. The van der Waals surface area contributed by atoms with E-state index in [1.807, 2.05) is 51.6 Å². The number of nitrogens with zero attached hydrogens (tertiary/aromatic N) is 3. The molecule has 188 valence electrons. The third-order valence-corrected chi connectivity index (χ3v) is 8.53. The Labute approximate surface area is 217 Å². The van der Waals surface area contributed by atoms with Crippen LogP contribution in [0.5, 0.6) is 0 Å². The second-order valence-electron chi connectivity index (χ2n) is 9.55. The molecule has 2 aliphatic rings. The summed E-state index contributed by atoms with van der Waals surface area (Å²) in [5.41, 5.74) is 5.27. The van der Waals surface area contributed by atoms with Crippen LogP contribution in [0, 0.1) is 13.8 Å². The molecule has 0 N–H and O–H groups in total. The molecule has 2 aliphatic heterocycles. The number of amides is 2. The van der Waals surface area contributed by atoms with Crippen molar-refractivity contribution in [1.82, 2.24) is 9.80 Å². The van der Waals surface area contributed by atoms with E-state index in [-0.39, 0.29) is 17.9 Å². The summed E-state index contributed by atoms with van der Waals surface area (Å²) >= 11 is 1.60. The summed E-state index contributed by atoms with van der Waals surface area (Å²) in [4.78, 5) is 35.1. The molecular formula is C29H33N3O3S. The second kappa shape index (κ2) is 10.4. The van der Waals surface area contributed by atoms with Gasteiger partial charge in [0.1, 0.15) is 0 Å². The summed E-state index contributed by atoms with van der Waals surface area (Å²) in [7, 11) is 1.64. The van der Waals surface area contributed by atoms with Crippen molar-refractivity contribution in [3.63, 3.8) is 0 Å². The van der Waals surface area contributed by atoms with Crippen molar-refractivity contribution in [2.45, 2.75) is 25.8 Å². The Morgan fingerprint density at radius 2 is 1.78 bits per heavy atom. The third-order valence-electron chi connectivity index (χ3n) is 7.58. The van der Waals surface area contributed by atoms with Gasteiger partial charge >= 0.3 is 0 Å². The molecule has 5 rings (SSSR count). The number of carbonyl (C=O) groups excluding carboxylic acids is 2. The Morgan fingerprint density at radius 3 is 2.50 bits per heavy atom. The van der Waals surface area contributed by atoms with Crippen molar-refractivity contribution in [2.24, 2.45) is 0 Å². The first-order valence-electron chi connectivity index (χ1n) is 12.5. The molecule has 0 saturated carbocycles. The first-order valence-corrected chi connectivity index (χ1v) is 13.4. The molecule has 3 heterocycles. The van der Waals surface area contributed by atoms with Crippen molar-refractivity contribution in [2.75, 3.05) is 51.3 Å². The molecule has 1 saturated heterocycles. The molecule has 1 aromatic heterocycles. The van der Waals surface area contributed by atoms with Crippen molar-refractivity contribution in [1.29, 1.82) is 0 Å². The molecule has 0 bridgehead atoms. The van der Waals surface area contributed by atoms with Gasteiger partial charge in [0.15, 0.2) is 0 Å². The largest absolute Gasteiger partial charge is 0.383 e. The van der Waals surface area contributed by atoms with Crippen molar-refractivity contribution < 1.29 is 14.3 Å². The van der Waals surface area contributed by atoms with Crippen molar-refractivity contribution in [3.8, 4) is 0 Å². The molecule has 6 nitrogen and oxygen atoms in total. The van der Waals surface area contributed by atoms with Crippen LogP contribution >= 0.6 is 11.3 Å². The zero-order valence-corrected chi connectivity index (χ0v) is 22.0. The van der Waals surface area contributed by atoms with Crippen molar-refractivity contribution in [3.05, 3.63) is 87.1 Å². The molecule has 7 heteroatoms. The number of ether oxygens (including phenoxy) is 1. The molecule has 0 radical (unpaired) electrons. The molecule has 2 amide bonds. The molecule has 2 aromatic carbocycles. The fourth-order valence-corrected chi connectivity index (χ4v) is 6.39. The van der Waals surface area contributed by atoms with Gasteiger partial charge in [0.05, 0.1) is 18.6 Å². The van der Waals surface area contributed by atoms with Crippen LogP contribution in [0.25, 0.3) is 0 Å². The maximum atomic E-state index is 14.3. The SMILES string of the molecule is COCCN1C(=O)c2ccccc2[C@@H](C(=O)N2CCN(c3cccc(C)c3C)CC2)[C@H]1c1cccs1. The monoisotopic (exact) mass is 503 g/mol. The minimum absolute atomic E-state index is 0.0372. The topological polar surface area (TPSA) is 53.1 Å². The second-order valence-corrected chi connectivity index (χ2v) is 10.5. The highest BCUT2D eigenvalue weighted by molar-refractivity contribution is 7.10. The predicted molar refractivity (Wildman–Crippen MR) is 144 cm³/mol. The minimum Gasteiger partial charge on any atom is -0.383 e. The summed E-state index contributed by atoms with van der Waals surface area (Å²) in [5.74, 6) is -0.386. The van der Waals surface area contributed by atoms with Crippen LogP contribution in [0.3, 0.4) is 0 Å². The first kappa shape index (κ1) is 24.5. The van der Waals surface area contributed by atoms with E-state index in [4.69, 9.17) is 4.74 Å². The van der Waals surface area contributed by atoms with E-state index in [1.54, 1.807) is 18.4 Å². The van der Waals surface area contributed by atoms with E-state index in [0.29, 0.717) is 31.8 Å². The van der Waals surface area contributed by atoms with Gasteiger partial charge in [0.25, 0.3) is 5.91 Å². The fraction of sp³-hybridized carbons (Fsp3) is 0.379. The maximum Gasteiger partial charge on any atom is 0.254 e. The van der Waals surface area contributed by atoms with Gasteiger partial charge in [-0.1, -0.05) is 36.4 Å². The number of hydrogen-bond acceptors (Lipinski definition) is 5.